The van der Waals surface area contributed by atoms with Gasteiger partial charge in [-0.15, -0.1) is 0 Å². The fraction of sp³-hybridized carbons (Fsp3) is 0.476. The Morgan fingerprint density at radius 3 is 2.59 bits per heavy atom. The minimum atomic E-state index is 0.648. The van der Waals surface area contributed by atoms with Gasteiger partial charge in [-0.05, 0) is 43.5 Å². The zero-order valence-electron chi connectivity index (χ0n) is 16.1. The quantitative estimate of drug-likeness (QED) is 0.723. The van der Waals surface area contributed by atoms with E-state index in [0.29, 0.717) is 5.78 Å². The van der Waals surface area contributed by atoms with Crippen molar-refractivity contribution < 1.29 is 0 Å². The lowest BCUT2D eigenvalue weighted by Gasteiger charge is -2.22. The lowest BCUT2D eigenvalue weighted by molar-refractivity contribution is 0.276. The van der Waals surface area contributed by atoms with Gasteiger partial charge < -0.3 is 5.32 Å². The fourth-order valence-electron chi connectivity index (χ4n) is 3.77. The molecule has 27 heavy (non-hydrogen) atoms. The smallest absolute Gasteiger partial charge is 0.254 e. The molecule has 0 unspecified atom stereocenters. The third kappa shape index (κ3) is 4.27. The van der Waals surface area contributed by atoms with Gasteiger partial charge >= 0.3 is 0 Å². The van der Waals surface area contributed by atoms with Gasteiger partial charge in [0.15, 0.2) is 0 Å². The van der Waals surface area contributed by atoms with Crippen LogP contribution in [0, 0.1) is 0 Å². The predicted molar refractivity (Wildman–Crippen MR) is 108 cm³/mol. The molecule has 0 atom stereocenters. The highest BCUT2D eigenvalue weighted by atomic mass is 15.3. The second-order valence-electron chi connectivity index (χ2n) is 7.27. The Morgan fingerprint density at radius 2 is 1.81 bits per heavy atom. The highest BCUT2D eigenvalue weighted by Crippen LogP contribution is 2.18. The van der Waals surface area contributed by atoms with Crippen LogP contribution in [0.4, 0.5) is 5.82 Å². The highest BCUT2D eigenvalue weighted by Gasteiger charge is 2.12. The fourth-order valence-corrected chi connectivity index (χ4v) is 3.77. The zero-order valence-corrected chi connectivity index (χ0v) is 16.1. The molecule has 3 aromatic rings. The van der Waals surface area contributed by atoms with Crippen molar-refractivity contribution in [2.24, 2.45) is 0 Å². The first-order valence-electron chi connectivity index (χ1n) is 10.1. The van der Waals surface area contributed by atoms with Gasteiger partial charge in [0.25, 0.3) is 5.78 Å². The van der Waals surface area contributed by atoms with Crippen LogP contribution in [0.2, 0.25) is 0 Å². The minimum absolute atomic E-state index is 0.648. The van der Waals surface area contributed by atoms with Gasteiger partial charge in [-0.25, -0.2) is 4.98 Å². The molecule has 0 amide bonds. The van der Waals surface area contributed by atoms with Crippen molar-refractivity contribution in [1.29, 1.82) is 0 Å². The summed E-state index contributed by atoms with van der Waals surface area (Å²) in [4.78, 5) is 11.4. The Kier molecular flexibility index (Phi) is 5.63. The molecule has 2 aromatic heterocycles. The average molecular weight is 364 g/mol. The van der Waals surface area contributed by atoms with E-state index in [2.05, 4.69) is 62.5 Å². The largest absolute Gasteiger partial charge is 0.366 e. The lowest BCUT2D eigenvalue weighted by atomic mass is 10.1. The van der Waals surface area contributed by atoms with Gasteiger partial charge in [-0.3, -0.25) is 4.90 Å². The number of anilines is 1. The second kappa shape index (κ2) is 8.48. The number of aromatic nitrogens is 4. The van der Waals surface area contributed by atoms with Crippen LogP contribution in [0.3, 0.4) is 0 Å². The van der Waals surface area contributed by atoms with E-state index in [1.807, 2.05) is 0 Å². The molecule has 0 aliphatic carbocycles. The number of hydrogen-bond acceptors (Lipinski definition) is 5. The van der Waals surface area contributed by atoms with E-state index in [1.54, 1.807) is 10.8 Å². The molecular formula is C21H28N6. The van der Waals surface area contributed by atoms with Crippen molar-refractivity contribution in [1.82, 2.24) is 24.5 Å². The van der Waals surface area contributed by atoms with Crippen LogP contribution in [0.5, 0.6) is 0 Å². The van der Waals surface area contributed by atoms with Crippen LogP contribution >= 0.6 is 0 Å². The van der Waals surface area contributed by atoms with Gasteiger partial charge in [-0.1, -0.05) is 44.0 Å². The molecule has 6 heteroatoms. The summed E-state index contributed by atoms with van der Waals surface area (Å²) >= 11 is 0. The molecule has 142 valence electrons. The van der Waals surface area contributed by atoms with Crippen LogP contribution < -0.4 is 5.32 Å². The summed E-state index contributed by atoms with van der Waals surface area (Å²) in [5.41, 5.74) is 3.77. The number of nitrogens with one attached hydrogen (secondary N) is 1. The summed E-state index contributed by atoms with van der Waals surface area (Å²) in [5.74, 6) is 1.59. The first kappa shape index (κ1) is 17.9. The number of aryl methyl sites for hydroxylation is 1. The van der Waals surface area contributed by atoms with Crippen molar-refractivity contribution >= 4 is 11.6 Å². The maximum Gasteiger partial charge on any atom is 0.254 e. The molecule has 0 bridgehead atoms. The summed E-state index contributed by atoms with van der Waals surface area (Å²) in [5, 5.41) is 7.86. The Morgan fingerprint density at radius 1 is 1.04 bits per heavy atom. The number of fused-ring (bicyclic) bond motifs is 1. The van der Waals surface area contributed by atoms with E-state index < -0.39 is 0 Å². The van der Waals surface area contributed by atoms with Crippen molar-refractivity contribution in [2.45, 2.75) is 52.1 Å². The van der Waals surface area contributed by atoms with Crippen molar-refractivity contribution in [2.75, 3.05) is 18.4 Å². The van der Waals surface area contributed by atoms with E-state index in [0.717, 1.165) is 31.0 Å². The summed E-state index contributed by atoms with van der Waals surface area (Å²) in [6.45, 7) is 6.34. The van der Waals surface area contributed by atoms with E-state index in [1.165, 1.54) is 49.9 Å². The maximum atomic E-state index is 4.52. The second-order valence-corrected chi connectivity index (χ2v) is 7.27. The number of likely N-dealkylation sites (tertiary alicyclic amines) is 1. The molecule has 6 nitrogen and oxygen atoms in total. The third-order valence-electron chi connectivity index (χ3n) is 5.34. The number of benzene rings is 1. The molecule has 1 saturated heterocycles. The topological polar surface area (TPSA) is 58.4 Å². The van der Waals surface area contributed by atoms with E-state index >= 15 is 0 Å². The molecule has 3 heterocycles. The van der Waals surface area contributed by atoms with Crippen molar-refractivity contribution in [3.8, 4) is 0 Å². The van der Waals surface area contributed by atoms with Gasteiger partial charge in [0, 0.05) is 24.8 Å². The van der Waals surface area contributed by atoms with E-state index in [9.17, 15) is 0 Å². The number of nitrogens with zero attached hydrogens (tertiary/aromatic N) is 5. The van der Waals surface area contributed by atoms with Gasteiger partial charge in [-0.2, -0.15) is 14.6 Å². The molecule has 0 saturated carbocycles. The Balaban J connectivity index is 1.51. The molecule has 1 aromatic carbocycles. The first-order chi connectivity index (χ1) is 13.3. The molecule has 0 radical (unpaired) electrons. The predicted octanol–water partition coefficient (Wildman–Crippen LogP) is 3.67. The summed E-state index contributed by atoms with van der Waals surface area (Å²) in [6.07, 6.45) is 7.82. The Bertz CT molecular complexity index is 879. The average Bonchev–Trinajstić information content (AvgIpc) is 3.03. The summed E-state index contributed by atoms with van der Waals surface area (Å²) in [6, 6.07) is 10.8. The standard InChI is InChI=1S/C21H28N6/c1-2-19-13-20(27-21(25-19)23-16-24-27)22-14-17-9-5-6-10-18(17)15-26-11-7-3-4-8-12-26/h5-6,9-10,13,16,22H,2-4,7-8,11-12,14-15H2,1H3. The van der Waals surface area contributed by atoms with Gasteiger partial charge in [0.05, 0.1) is 0 Å². The minimum Gasteiger partial charge on any atom is -0.366 e. The van der Waals surface area contributed by atoms with E-state index in [-0.39, 0.29) is 0 Å². The normalized spacial score (nSPS) is 15.7. The zero-order chi connectivity index (χ0) is 18.5. The SMILES string of the molecule is CCc1cc(NCc2ccccc2CN2CCCCCC2)n2ncnc2n1. The Hall–Kier alpha value is -2.47. The number of hydrogen-bond donors (Lipinski definition) is 1. The Labute approximate surface area is 160 Å². The van der Waals surface area contributed by atoms with Crippen LogP contribution in [0.15, 0.2) is 36.7 Å². The highest BCUT2D eigenvalue weighted by molar-refractivity contribution is 5.46. The van der Waals surface area contributed by atoms with Crippen LogP contribution in [-0.4, -0.2) is 37.6 Å². The van der Waals surface area contributed by atoms with Crippen LogP contribution in [0.25, 0.3) is 5.78 Å². The van der Waals surface area contributed by atoms with E-state index in [4.69, 9.17) is 0 Å². The van der Waals surface area contributed by atoms with Crippen molar-refractivity contribution in [3.63, 3.8) is 0 Å². The van der Waals surface area contributed by atoms with Gasteiger partial charge in [0.1, 0.15) is 12.1 Å². The molecule has 1 fully saturated rings. The lowest BCUT2D eigenvalue weighted by Crippen LogP contribution is -2.24. The monoisotopic (exact) mass is 364 g/mol. The molecular weight excluding hydrogens is 336 g/mol. The summed E-state index contributed by atoms with van der Waals surface area (Å²) < 4.78 is 1.77. The molecule has 1 N–H and O–H groups in total. The van der Waals surface area contributed by atoms with Gasteiger partial charge in [0.2, 0.25) is 0 Å². The molecule has 4 rings (SSSR count). The number of rotatable bonds is 6. The molecule has 1 aliphatic heterocycles. The summed E-state index contributed by atoms with van der Waals surface area (Å²) in [7, 11) is 0. The first-order valence-corrected chi connectivity index (χ1v) is 10.1. The van der Waals surface area contributed by atoms with Crippen molar-refractivity contribution in [3.05, 3.63) is 53.5 Å². The van der Waals surface area contributed by atoms with Crippen LogP contribution in [-0.2, 0) is 19.5 Å². The maximum absolute atomic E-state index is 4.52. The van der Waals surface area contributed by atoms with Crippen LogP contribution in [0.1, 0.15) is 49.4 Å². The molecule has 1 aliphatic rings. The third-order valence-corrected chi connectivity index (χ3v) is 5.34. The molecule has 0 spiro atoms.